The van der Waals surface area contributed by atoms with Crippen LogP contribution >= 0.6 is 11.6 Å². The fraction of sp³-hybridized carbons (Fsp3) is 0.652. The number of carbonyl (C=O) groups is 2. The molecule has 6 heteroatoms. The number of hydrogen-bond acceptors (Lipinski definition) is 3. The van der Waals surface area contributed by atoms with E-state index in [1.54, 1.807) is 0 Å². The Morgan fingerprint density at radius 2 is 1.76 bits per heavy atom. The SMILES string of the molecule is CC(=O)c1cc(F)cc(Cl)c1.CCC1CC2CCC(C1)N2CC(=O)NC(C)(C)C. The van der Waals surface area contributed by atoms with Crippen molar-refractivity contribution in [3.8, 4) is 0 Å². The second-order valence-electron chi connectivity index (χ2n) is 9.32. The van der Waals surface area contributed by atoms with Crippen molar-refractivity contribution in [3.05, 3.63) is 34.6 Å². The third-order valence-electron chi connectivity index (χ3n) is 5.67. The van der Waals surface area contributed by atoms with Gasteiger partial charge in [0.2, 0.25) is 5.91 Å². The monoisotopic (exact) mass is 424 g/mol. The molecule has 0 aliphatic carbocycles. The Labute approximate surface area is 179 Å². The van der Waals surface area contributed by atoms with E-state index in [9.17, 15) is 14.0 Å². The number of ketones is 1. The largest absolute Gasteiger partial charge is 0.350 e. The van der Waals surface area contributed by atoms with Crippen molar-refractivity contribution in [3.63, 3.8) is 0 Å². The van der Waals surface area contributed by atoms with Gasteiger partial charge in [-0.25, -0.2) is 4.39 Å². The second kappa shape index (κ2) is 10.0. The van der Waals surface area contributed by atoms with Gasteiger partial charge >= 0.3 is 0 Å². The van der Waals surface area contributed by atoms with Gasteiger partial charge in [0.1, 0.15) is 5.82 Å². The number of Topliss-reactive ketones (excluding diaryl/α,β-unsaturated/α-hetero) is 1. The van der Waals surface area contributed by atoms with Gasteiger partial charge in [0.05, 0.1) is 6.54 Å². The summed E-state index contributed by atoms with van der Waals surface area (Å²) in [5.41, 5.74) is 0.188. The zero-order chi connectivity index (χ0) is 21.8. The van der Waals surface area contributed by atoms with Crippen molar-refractivity contribution in [2.45, 2.75) is 84.3 Å². The lowest BCUT2D eigenvalue weighted by Crippen LogP contribution is -2.51. The Hall–Kier alpha value is -1.46. The molecule has 2 saturated heterocycles. The first kappa shape index (κ1) is 23.8. The summed E-state index contributed by atoms with van der Waals surface area (Å²) in [6.07, 6.45) is 6.49. The molecular formula is C23H34ClFN2O2. The molecule has 1 N–H and O–H groups in total. The Kier molecular flexibility index (Phi) is 8.24. The summed E-state index contributed by atoms with van der Waals surface area (Å²) in [5, 5.41) is 3.33. The predicted molar refractivity (Wildman–Crippen MR) is 116 cm³/mol. The number of nitrogens with one attached hydrogen (secondary N) is 1. The molecular weight excluding hydrogens is 391 g/mol. The molecule has 0 radical (unpaired) electrons. The van der Waals surface area contributed by atoms with Crippen LogP contribution in [0.3, 0.4) is 0 Å². The van der Waals surface area contributed by atoms with Crippen LogP contribution in [-0.2, 0) is 4.79 Å². The van der Waals surface area contributed by atoms with Crippen molar-refractivity contribution in [2.75, 3.05) is 6.54 Å². The number of carbonyl (C=O) groups excluding carboxylic acids is 2. The Morgan fingerprint density at radius 3 is 2.21 bits per heavy atom. The van der Waals surface area contributed by atoms with E-state index in [1.165, 1.54) is 45.1 Å². The van der Waals surface area contributed by atoms with E-state index >= 15 is 0 Å². The number of amides is 1. The summed E-state index contributed by atoms with van der Waals surface area (Å²) in [5.74, 6) is 0.410. The highest BCUT2D eigenvalue weighted by molar-refractivity contribution is 6.31. The number of fused-ring (bicyclic) bond motifs is 2. The van der Waals surface area contributed by atoms with Gasteiger partial charge < -0.3 is 5.32 Å². The molecule has 2 bridgehead atoms. The number of nitrogens with zero attached hydrogens (tertiary/aromatic N) is 1. The van der Waals surface area contributed by atoms with Crippen LogP contribution in [0.2, 0.25) is 5.02 Å². The molecule has 4 nitrogen and oxygen atoms in total. The minimum absolute atomic E-state index is 0.113. The van der Waals surface area contributed by atoms with Gasteiger partial charge in [0, 0.05) is 28.2 Å². The molecule has 29 heavy (non-hydrogen) atoms. The zero-order valence-electron chi connectivity index (χ0n) is 18.2. The van der Waals surface area contributed by atoms with Crippen molar-refractivity contribution in [2.24, 2.45) is 5.92 Å². The van der Waals surface area contributed by atoms with Crippen LogP contribution in [0.5, 0.6) is 0 Å². The van der Waals surface area contributed by atoms with Gasteiger partial charge in [-0.15, -0.1) is 0 Å². The van der Waals surface area contributed by atoms with Gasteiger partial charge in [-0.1, -0.05) is 24.9 Å². The average molecular weight is 425 g/mol. The van der Waals surface area contributed by atoms with Crippen LogP contribution in [0.25, 0.3) is 0 Å². The van der Waals surface area contributed by atoms with Gasteiger partial charge in [0.15, 0.2) is 5.78 Å². The molecule has 2 unspecified atom stereocenters. The summed E-state index contributed by atoms with van der Waals surface area (Å²) >= 11 is 5.50. The fourth-order valence-electron chi connectivity index (χ4n) is 4.36. The number of piperidine rings is 1. The molecule has 1 amide bonds. The molecule has 2 atom stereocenters. The first-order valence-electron chi connectivity index (χ1n) is 10.5. The number of halogens is 2. The molecule has 0 saturated carbocycles. The fourth-order valence-corrected chi connectivity index (χ4v) is 4.58. The predicted octanol–water partition coefficient (Wildman–Crippen LogP) is 5.24. The Balaban J connectivity index is 0.000000234. The smallest absolute Gasteiger partial charge is 0.234 e. The first-order chi connectivity index (χ1) is 13.5. The van der Waals surface area contributed by atoms with E-state index in [0.717, 1.165) is 18.1 Å². The second-order valence-corrected chi connectivity index (χ2v) is 9.75. The van der Waals surface area contributed by atoms with Crippen LogP contribution in [0.1, 0.15) is 77.1 Å². The van der Waals surface area contributed by atoms with E-state index in [4.69, 9.17) is 11.6 Å². The number of rotatable bonds is 4. The van der Waals surface area contributed by atoms with Crippen LogP contribution in [-0.4, -0.2) is 40.8 Å². The summed E-state index contributed by atoms with van der Waals surface area (Å²) < 4.78 is 12.6. The highest BCUT2D eigenvalue weighted by atomic mass is 35.5. The average Bonchev–Trinajstić information content (AvgIpc) is 2.82. The molecule has 162 valence electrons. The van der Waals surface area contributed by atoms with Crippen LogP contribution in [0, 0.1) is 11.7 Å². The van der Waals surface area contributed by atoms with Crippen LogP contribution in [0.4, 0.5) is 4.39 Å². The topological polar surface area (TPSA) is 49.4 Å². The maximum atomic E-state index is 12.6. The first-order valence-corrected chi connectivity index (χ1v) is 10.9. The van der Waals surface area contributed by atoms with Crippen LogP contribution < -0.4 is 5.32 Å². The zero-order valence-corrected chi connectivity index (χ0v) is 19.0. The van der Waals surface area contributed by atoms with Gasteiger partial charge in [-0.05, 0) is 77.5 Å². The van der Waals surface area contributed by atoms with E-state index in [0.29, 0.717) is 24.2 Å². The molecule has 3 rings (SSSR count). The molecule has 2 heterocycles. The number of benzene rings is 1. The molecule has 2 fully saturated rings. The van der Waals surface area contributed by atoms with Crippen molar-refractivity contribution >= 4 is 23.3 Å². The maximum Gasteiger partial charge on any atom is 0.234 e. The highest BCUT2D eigenvalue weighted by Crippen LogP contribution is 2.39. The Morgan fingerprint density at radius 1 is 1.17 bits per heavy atom. The highest BCUT2D eigenvalue weighted by Gasteiger charge is 2.40. The molecule has 0 aromatic heterocycles. The Bertz CT molecular complexity index is 698. The summed E-state index contributed by atoms with van der Waals surface area (Å²) in [7, 11) is 0. The minimum atomic E-state index is -0.484. The van der Waals surface area contributed by atoms with E-state index < -0.39 is 5.82 Å². The quantitative estimate of drug-likeness (QED) is 0.672. The van der Waals surface area contributed by atoms with E-state index in [-0.39, 0.29) is 22.3 Å². The molecule has 1 aromatic rings. The van der Waals surface area contributed by atoms with Gasteiger partial charge in [0.25, 0.3) is 0 Å². The summed E-state index contributed by atoms with van der Waals surface area (Å²) in [6.45, 7) is 10.4. The summed E-state index contributed by atoms with van der Waals surface area (Å²) in [6, 6.07) is 5.09. The van der Waals surface area contributed by atoms with Crippen molar-refractivity contribution in [1.29, 1.82) is 0 Å². The van der Waals surface area contributed by atoms with Gasteiger partial charge in [-0.3, -0.25) is 14.5 Å². The maximum absolute atomic E-state index is 12.6. The summed E-state index contributed by atoms with van der Waals surface area (Å²) in [4.78, 5) is 25.2. The van der Waals surface area contributed by atoms with E-state index in [2.05, 4.69) is 17.1 Å². The third kappa shape index (κ3) is 7.38. The number of hydrogen-bond donors (Lipinski definition) is 1. The lowest BCUT2D eigenvalue weighted by atomic mass is 9.89. The normalized spacial score (nSPS) is 23.9. The van der Waals surface area contributed by atoms with Crippen molar-refractivity contribution < 1.29 is 14.0 Å². The van der Waals surface area contributed by atoms with Crippen LogP contribution in [0.15, 0.2) is 18.2 Å². The third-order valence-corrected chi connectivity index (χ3v) is 5.89. The minimum Gasteiger partial charge on any atom is -0.350 e. The lowest BCUT2D eigenvalue weighted by molar-refractivity contribution is -0.125. The van der Waals surface area contributed by atoms with Crippen molar-refractivity contribution in [1.82, 2.24) is 10.2 Å². The standard InChI is InChI=1S/C15H28N2O.C8H6ClFO/c1-5-11-8-12-6-7-13(9-11)17(12)10-14(18)16-15(2,3)4;1-5(11)6-2-7(9)4-8(10)3-6/h11-13H,5-10H2,1-4H3,(H,16,18);2-4H,1H3. The molecule has 2 aliphatic rings. The van der Waals surface area contributed by atoms with Gasteiger partial charge in [-0.2, -0.15) is 0 Å². The molecule has 0 spiro atoms. The molecule has 1 aromatic carbocycles. The van der Waals surface area contributed by atoms with E-state index in [1.807, 2.05) is 20.8 Å². The lowest BCUT2D eigenvalue weighted by Gasteiger charge is -2.38. The molecule has 2 aliphatic heterocycles.